The summed E-state index contributed by atoms with van der Waals surface area (Å²) in [6.45, 7) is 9.05. The molecule has 0 N–H and O–H groups in total. The normalized spacial score (nSPS) is 13.1. The Kier molecular flexibility index (Phi) is 13.7. The van der Waals surface area contributed by atoms with E-state index in [1.54, 1.807) is 19.2 Å². The molecule has 29 heavy (non-hydrogen) atoms. The maximum Gasteiger partial charge on any atom is 0.302 e. The van der Waals surface area contributed by atoms with Crippen LogP contribution in [0.4, 0.5) is 4.39 Å². The molecule has 0 heterocycles. The Bertz CT molecular complexity index is 638. The maximum atomic E-state index is 13.3. The Morgan fingerprint density at radius 1 is 1.21 bits per heavy atom. The van der Waals surface area contributed by atoms with Gasteiger partial charge in [-0.1, -0.05) is 43.7 Å². The number of rotatable bonds is 10. The smallest absolute Gasteiger partial charge is 0.302 e. The summed E-state index contributed by atoms with van der Waals surface area (Å²) in [6, 6.07) is 9.60. The predicted molar refractivity (Wildman–Crippen MR) is 121 cm³/mol. The van der Waals surface area contributed by atoms with Crippen LogP contribution in [0.25, 0.3) is 0 Å². The third kappa shape index (κ3) is 13.3. The Labute approximate surface area is 178 Å². The van der Waals surface area contributed by atoms with Gasteiger partial charge in [-0.3, -0.25) is 9.59 Å². The number of Topliss-reactive ketones (excluding diaryl/α,β-unsaturated/α-hetero) is 1. The van der Waals surface area contributed by atoms with Crippen molar-refractivity contribution in [1.29, 1.82) is 0 Å². The van der Waals surface area contributed by atoms with Crippen molar-refractivity contribution in [3.05, 3.63) is 35.9 Å². The summed E-state index contributed by atoms with van der Waals surface area (Å²) < 4.78 is 23.7. The van der Waals surface area contributed by atoms with Crippen molar-refractivity contribution in [3.63, 3.8) is 0 Å². The van der Waals surface area contributed by atoms with Crippen LogP contribution in [0.15, 0.2) is 30.3 Å². The summed E-state index contributed by atoms with van der Waals surface area (Å²) in [5, 5.41) is 1.76. The average molecular weight is 429 g/mol. The highest BCUT2D eigenvalue weighted by Crippen LogP contribution is 2.20. The lowest BCUT2D eigenvalue weighted by molar-refractivity contribution is -0.142. The van der Waals surface area contributed by atoms with E-state index in [0.29, 0.717) is 13.2 Å². The van der Waals surface area contributed by atoms with Crippen LogP contribution < -0.4 is 0 Å². The summed E-state index contributed by atoms with van der Waals surface area (Å²) in [4.78, 5) is 22.4. The van der Waals surface area contributed by atoms with E-state index in [-0.39, 0.29) is 28.2 Å². The highest BCUT2D eigenvalue weighted by Gasteiger charge is 2.28. The Morgan fingerprint density at radius 2 is 1.79 bits per heavy atom. The number of ketones is 1. The van der Waals surface area contributed by atoms with E-state index in [0.717, 1.165) is 18.4 Å². The van der Waals surface area contributed by atoms with Crippen LogP contribution in [-0.4, -0.2) is 48.0 Å². The first kappa shape index (κ1) is 27.5. The van der Waals surface area contributed by atoms with Crippen LogP contribution in [0.1, 0.15) is 53.0 Å². The van der Waals surface area contributed by atoms with E-state index in [1.807, 2.05) is 49.8 Å². The van der Waals surface area contributed by atoms with Crippen LogP contribution in [0.5, 0.6) is 0 Å². The molecule has 0 spiro atoms. The number of hydrogen-bond acceptors (Lipinski definition) is 4. The molecule has 1 aromatic carbocycles. The molecule has 0 radical (unpaired) electrons. The van der Waals surface area contributed by atoms with Crippen molar-refractivity contribution in [3.8, 4) is 0 Å². The standard InChI is InChI=1S/C14H27FO2S.C9H10O2/c1-7-8-12(13(16)10-18(5)6)9-17-14(3,4)11(2)15;1-8(10)11-7-9-5-3-2-4-6-9/h10-12H,7-9H2,1-6H3;2-6H,7H2,1H3. The molecule has 6 heteroatoms. The second kappa shape index (κ2) is 14.5. The molecule has 0 saturated heterocycles. The molecule has 4 nitrogen and oxygen atoms in total. The molecule has 0 bridgehead atoms. The minimum Gasteiger partial charge on any atom is -0.461 e. The minimum absolute atomic E-state index is 0.00752. The van der Waals surface area contributed by atoms with Crippen molar-refractivity contribution >= 4 is 27.6 Å². The van der Waals surface area contributed by atoms with Crippen LogP contribution in [-0.2, 0) is 25.7 Å². The number of ether oxygens (including phenoxy) is 2. The lowest BCUT2D eigenvalue weighted by Crippen LogP contribution is -2.37. The lowest BCUT2D eigenvalue weighted by Gasteiger charge is -2.28. The highest BCUT2D eigenvalue weighted by molar-refractivity contribution is 8.14. The van der Waals surface area contributed by atoms with Gasteiger partial charge in [0.15, 0.2) is 5.78 Å². The van der Waals surface area contributed by atoms with Gasteiger partial charge in [0.05, 0.1) is 12.2 Å². The quantitative estimate of drug-likeness (QED) is 0.379. The SMILES string of the molecule is CC(=O)OCc1ccccc1.CCCC(COC(C)(C)C(C)F)C(=O)C=S(C)C. The molecule has 2 atom stereocenters. The zero-order valence-corrected chi connectivity index (χ0v) is 19.7. The first-order valence-corrected chi connectivity index (χ1v) is 12.0. The second-order valence-electron chi connectivity index (χ2n) is 7.68. The fourth-order valence-electron chi connectivity index (χ4n) is 2.17. The van der Waals surface area contributed by atoms with Crippen molar-refractivity contribution in [2.24, 2.45) is 5.92 Å². The molecule has 0 fully saturated rings. The van der Waals surface area contributed by atoms with Crippen molar-refractivity contribution < 1.29 is 23.5 Å². The summed E-state index contributed by atoms with van der Waals surface area (Å²) >= 11 is 0. The van der Waals surface area contributed by atoms with E-state index < -0.39 is 11.8 Å². The number of hydrogen-bond donors (Lipinski definition) is 0. The number of halogens is 1. The Morgan fingerprint density at radius 3 is 2.24 bits per heavy atom. The van der Waals surface area contributed by atoms with Crippen molar-refractivity contribution in [1.82, 2.24) is 0 Å². The maximum absolute atomic E-state index is 13.3. The number of carbonyl (C=O) groups is 2. The van der Waals surface area contributed by atoms with Gasteiger partial charge in [-0.15, -0.1) is 0 Å². The summed E-state index contributed by atoms with van der Waals surface area (Å²) in [5.74, 6) is -0.246. The number of benzene rings is 1. The molecule has 0 saturated carbocycles. The Hall–Kier alpha value is -1.53. The van der Waals surface area contributed by atoms with Crippen LogP contribution in [0.3, 0.4) is 0 Å². The topological polar surface area (TPSA) is 52.6 Å². The molecule has 0 aliphatic rings. The summed E-state index contributed by atoms with van der Waals surface area (Å²) in [5.41, 5.74) is 0.189. The second-order valence-corrected chi connectivity index (χ2v) is 9.68. The average Bonchev–Trinajstić information content (AvgIpc) is 2.64. The van der Waals surface area contributed by atoms with Gasteiger partial charge in [-0.25, -0.2) is 4.39 Å². The predicted octanol–water partition coefficient (Wildman–Crippen LogP) is 5.21. The fraction of sp³-hybridized carbons (Fsp3) is 0.609. The van der Waals surface area contributed by atoms with Gasteiger partial charge in [0.25, 0.3) is 0 Å². The first-order valence-electron chi connectivity index (χ1n) is 9.90. The molecule has 0 amide bonds. The molecular weight excluding hydrogens is 391 g/mol. The minimum atomic E-state index is -1.05. The summed E-state index contributed by atoms with van der Waals surface area (Å²) in [6.07, 6.45) is 4.69. The molecule has 166 valence electrons. The van der Waals surface area contributed by atoms with Crippen LogP contribution >= 0.6 is 10.5 Å². The fourth-order valence-corrected chi connectivity index (χ4v) is 2.83. The van der Waals surface area contributed by atoms with Gasteiger partial charge >= 0.3 is 5.97 Å². The largest absolute Gasteiger partial charge is 0.461 e. The summed E-state index contributed by atoms with van der Waals surface area (Å²) in [7, 11) is -0.00752. The number of alkyl halides is 1. The van der Waals surface area contributed by atoms with Crippen LogP contribution in [0.2, 0.25) is 0 Å². The van der Waals surface area contributed by atoms with Crippen molar-refractivity contribution in [2.45, 2.75) is 65.8 Å². The molecule has 2 unspecified atom stereocenters. The van der Waals surface area contributed by atoms with Gasteiger partial charge in [0, 0.05) is 18.2 Å². The zero-order chi connectivity index (χ0) is 22.4. The molecule has 0 aliphatic heterocycles. The third-order valence-electron chi connectivity index (χ3n) is 4.29. The first-order chi connectivity index (χ1) is 13.5. The molecule has 1 aromatic rings. The number of carbonyl (C=O) groups excluding carboxylic acids is 2. The van der Waals surface area contributed by atoms with Crippen molar-refractivity contribution in [2.75, 3.05) is 19.1 Å². The van der Waals surface area contributed by atoms with Gasteiger partial charge in [0.2, 0.25) is 0 Å². The van der Waals surface area contributed by atoms with E-state index in [1.165, 1.54) is 13.8 Å². The van der Waals surface area contributed by atoms with E-state index >= 15 is 0 Å². The zero-order valence-electron chi connectivity index (χ0n) is 18.9. The van der Waals surface area contributed by atoms with E-state index in [9.17, 15) is 14.0 Å². The van der Waals surface area contributed by atoms with Gasteiger partial charge in [0.1, 0.15) is 12.8 Å². The third-order valence-corrected chi connectivity index (χ3v) is 4.99. The number of esters is 1. The highest BCUT2D eigenvalue weighted by atomic mass is 32.2. The monoisotopic (exact) mass is 428 g/mol. The molecule has 1 rings (SSSR count). The van der Waals surface area contributed by atoms with Gasteiger partial charge < -0.3 is 9.47 Å². The van der Waals surface area contributed by atoms with Gasteiger partial charge in [-0.05, 0) is 45.3 Å². The lowest BCUT2D eigenvalue weighted by atomic mass is 9.99. The molecular formula is C23H37FO4S. The molecule has 0 aliphatic carbocycles. The Balaban J connectivity index is 0.000000604. The van der Waals surface area contributed by atoms with E-state index in [2.05, 4.69) is 0 Å². The van der Waals surface area contributed by atoms with Gasteiger partial charge in [-0.2, -0.15) is 10.5 Å². The van der Waals surface area contributed by atoms with E-state index in [4.69, 9.17) is 9.47 Å². The van der Waals surface area contributed by atoms with Crippen LogP contribution in [0, 0.1) is 5.92 Å². The molecule has 0 aromatic heterocycles.